The van der Waals surface area contributed by atoms with Gasteiger partial charge in [0.15, 0.2) is 0 Å². The second kappa shape index (κ2) is 4.48. The zero-order chi connectivity index (χ0) is 12.9. The van der Waals surface area contributed by atoms with Crippen LogP contribution in [0.1, 0.15) is 39.0 Å². The Bertz CT molecular complexity index is 420. The van der Waals surface area contributed by atoms with E-state index in [4.69, 9.17) is 0 Å². The first-order valence-corrected chi connectivity index (χ1v) is 9.44. The molecule has 18 heavy (non-hydrogen) atoms. The van der Waals surface area contributed by atoms with Crippen LogP contribution in [-0.4, -0.2) is 32.5 Å². The van der Waals surface area contributed by atoms with E-state index < -0.39 is 9.84 Å². The minimum Gasteiger partial charge on any atom is -0.310 e. The van der Waals surface area contributed by atoms with Crippen molar-refractivity contribution in [3.63, 3.8) is 0 Å². The summed E-state index contributed by atoms with van der Waals surface area (Å²) in [6.45, 7) is 2.01. The first-order valence-electron chi connectivity index (χ1n) is 7.38. The summed E-state index contributed by atoms with van der Waals surface area (Å²) in [6.07, 6.45) is 8.33. The van der Waals surface area contributed by atoms with Crippen molar-refractivity contribution in [3.05, 3.63) is 0 Å². The van der Waals surface area contributed by atoms with Gasteiger partial charge in [-0.05, 0) is 56.3 Å². The van der Waals surface area contributed by atoms with Crippen LogP contribution in [0.15, 0.2) is 0 Å². The molecule has 0 spiro atoms. The van der Waals surface area contributed by atoms with Gasteiger partial charge in [0.25, 0.3) is 0 Å². The van der Waals surface area contributed by atoms with Crippen LogP contribution >= 0.6 is 0 Å². The number of hydrogen-bond donors (Lipinski definition) is 1. The molecule has 3 aliphatic rings. The topological polar surface area (TPSA) is 46.2 Å². The standard InChI is InChI=1S/C14H25NO2S/c1-9(8-18(2,16)17)15-14-7-10-6-13(14)12-5-3-4-11(10)12/h9-15H,3-8H2,1-2H3. The summed E-state index contributed by atoms with van der Waals surface area (Å²) >= 11 is 0. The van der Waals surface area contributed by atoms with Gasteiger partial charge in [0.2, 0.25) is 0 Å². The minimum absolute atomic E-state index is 0.101. The lowest BCUT2D eigenvalue weighted by atomic mass is 9.79. The first-order chi connectivity index (χ1) is 8.44. The fraction of sp³-hybridized carbons (Fsp3) is 1.00. The van der Waals surface area contributed by atoms with Crippen molar-refractivity contribution >= 4 is 9.84 Å². The summed E-state index contributed by atoms with van der Waals surface area (Å²) in [4.78, 5) is 0. The van der Waals surface area contributed by atoms with Crippen LogP contribution < -0.4 is 5.32 Å². The predicted molar refractivity (Wildman–Crippen MR) is 73.1 cm³/mol. The fourth-order valence-corrected chi connectivity index (χ4v) is 6.13. The van der Waals surface area contributed by atoms with E-state index in [1.54, 1.807) is 0 Å². The van der Waals surface area contributed by atoms with Gasteiger partial charge >= 0.3 is 0 Å². The molecule has 0 amide bonds. The van der Waals surface area contributed by atoms with E-state index in [1.807, 2.05) is 6.92 Å². The molecule has 6 unspecified atom stereocenters. The van der Waals surface area contributed by atoms with Crippen LogP contribution in [0.5, 0.6) is 0 Å². The van der Waals surface area contributed by atoms with Crippen molar-refractivity contribution in [1.82, 2.24) is 5.32 Å². The van der Waals surface area contributed by atoms with Gasteiger partial charge in [-0.25, -0.2) is 8.42 Å². The highest BCUT2D eigenvalue weighted by Crippen LogP contribution is 2.58. The summed E-state index contributed by atoms with van der Waals surface area (Å²) in [6, 6.07) is 0.690. The van der Waals surface area contributed by atoms with Crippen LogP contribution in [0.3, 0.4) is 0 Å². The second-order valence-corrected chi connectivity index (χ2v) is 9.11. The molecule has 0 aliphatic heterocycles. The zero-order valence-corrected chi connectivity index (χ0v) is 12.2. The van der Waals surface area contributed by atoms with E-state index in [9.17, 15) is 8.42 Å². The molecule has 3 aliphatic carbocycles. The molecule has 6 atom stereocenters. The van der Waals surface area contributed by atoms with Crippen LogP contribution in [0, 0.1) is 23.7 Å². The monoisotopic (exact) mass is 271 g/mol. The smallest absolute Gasteiger partial charge is 0.148 e. The van der Waals surface area contributed by atoms with Gasteiger partial charge in [-0.15, -0.1) is 0 Å². The molecule has 3 rings (SSSR count). The molecule has 3 saturated carbocycles. The Labute approximate surface area is 111 Å². The molecule has 0 radical (unpaired) electrons. The number of sulfone groups is 1. The first kappa shape index (κ1) is 12.9. The van der Waals surface area contributed by atoms with Gasteiger partial charge < -0.3 is 5.32 Å². The molecule has 3 fully saturated rings. The third-order valence-corrected chi connectivity index (χ3v) is 6.59. The van der Waals surface area contributed by atoms with Crippen molar-refractivity contribution < 1.29 is 8.42 Å². The maximum atomic E-state index is 11.3. The summed E-state index contributed by atoms with van der Waals surface area (Å²) in [5.74, 6) is 4.01. The van der Waals surface area contributed by atoms with E-state index in [2.05, 4.69) is 5.32 Å². The Morgan fingerprint density at radius 3 is 2.61 bits per heavy atom. The molecule has 0 aromatic heterocycles. The molecular weight excluding hydrogens is 246 g/mol. The Morgan fingerprint density at radius 2 is 1.89 bits per heavy atom. The summed E-state index contributed by atoms with van der Waals surface area (Å²) in [5, 5.41) is 3.60. The minimum atomic E-state index is -2.86. The number of hydrogen-bond acceptors (Lipinski definition) is 3. The highest BCUT2D eigenvalue weighted by Gasteiger charge is 2.53. The van der Waals surface area contributed by atoms with Crippen molar-refractivity contribution in [1.29, 1.82) is 0 Å². The van der Waals surface area contributed by atoms with Crippen molar-refractivity contribution in [2.24, 2.45) is 23.7 Å². The second-order valence-electron chi connectivity index (χ2n) is 6.92. The number of rotatable bonds is 4. The van der Waals surface area contributed by atoms with Crippen molar-refractivity contribution in [2.75, 3.05) is 12.0 Å². The zero-order valence-electron chi connectivity index (χ0n) is 11.4. The van der Waals surface area contributed by atoms with E-state index in [0.29, 0.717) is 6.04 Å². The largest absolute Gasteiger partial charge is 0.310 e. The molecule has 0 aromatic rings. The van der Waals surface area contributed by atoms with E-state index >= 15 is 0 Å². The summed E-state index contributed by atoms with van der Waals surface area (Å²) in [5.41, 5.74) is 0. The van der Waals surface area contributed by atoms with Crippen LogP contribution in [0.2, 0.25) is 0 Å². The fourth-order valence-electron chi connectivity index (χ4n) is 5.13. The third-order valence-electron chi connectivity index (χ3n) is 5.48. The van der Waals surface area contributed by atoms with Gasteiger partial charge in [0.1, 0.15) is 9.84 Å². The Kier molecular flexibility index (Phi) is 3.22. The van der Waals surface area contributed by atoms with Gasteiger partial charge in [-0.1, -0.05) is 6.42 Å². The van der Waals surface area contributed by atoms with Gasteiger partial charge in [-0.3, -0.25) is 0 Å². The molecule has 4 heteroatoms. The van der Waals surface area contributed by atoms with Crippen molar-refractivity contribution in [3.8, 4) is 0 Å². The van der Waals surface area contributed by atoms with Crippen LogP contribution in [0.4, 0.5) is 0 Å². The molecule has 2 bridgehead atoms. The Morgan fingerprint density at radius 1 is 1.17 bits per heavy atom. The molecule has 0 aromatic carbocycles. The number of nitrogens with one attached hydrogen (secondary N) is 1. The van der Waals surface area contributed by atoms with Crippen molar-refractivity contribution in [2.45, 2.75) is 51.1 Å². The lowest BCUT2D eigenvalue weighted by Gasteiger charge is -2.33. The quantitative estimate of drug-likeness (QED) is 0.848. The maximum Gasteiger partial charge on any atom is 0.148 e. The Balaban J connectivity index is 1.59. The van der Waals surface area contributed by atoms with Gasteiger partial charge in [0, 0.05) is 18.3 Å². The predicted octanol–water partition coefficient (Wildman–Crippen LogP) is 1.83. The third kappa shape index (κ3) is 2.34. The average molecular weight is 271 g/mol. The summed E-state index contributed by atoms with van der Waals surface area (Å²) < 4.78 is 22.6. The average Bonchev–Trinajstić information content (AvgIpc) is 2.81. The lowest BCUT2D eigenvalue weighted by Crippen LogP contribution is -2.45. The Hall–Kier alpha value is -0.0900. The maximum absolute atomic E-state index is 11.3. The summed E-state index contributed by atoms with van der Waals surface area (Å²) in [7, 11) is -2.86. The molecule has 104 valence electrons. The SMILES string of the molecule is CC(CS(C)(=O)=O)NC1CC2CC1C1CCCC21. The van der Waals surface area contributed by atoms with Crippen LogP contribution in [-0.2, 0) is 9.84 Å². The van der Waals surface area contributed by atoms with E-state index in [-0.39, 0.29) is 11.8 Å². The van der Waals surface area contributed by atoms with Gasteiger partial charge in [0.05, 0.1) is 5.75 Å². The molecule has 0 saturated heterocycles. The highest BCUT2D eigenvalue weighted by molar-refractivity contribution is 7.90. The van der Waals surface area contributed by atoms with E-state index in [1.165, 1.54) is 38.4 Å². The molecular formula is C14H25NO2S. The van der Waals surface area contributed by atoms with E-state index in [0.717, 1.165) is 23.7 Å². The van der Waals surface area contributed by atoms with Gasteiger partial charge in [-0.2, -0.15) is 0 Å². The van der Waals surface area contributed by atoms with Crippen LogP contribution in [0.25, 0.3) is 0 Å². The normalized spacial score (nSPS) is 44.2. The lowest BCUT2D eigenvalue weighted by molar-refractivity contribution is 0.202. The number of fused-ring (bicyclic) bond motifs is 5. The molecule has 0 heterocycles. The molecule has 3 nitrogen and oxygen atoms in total. The highest BCUT2D eigenvalue weighted by atomic mass is 32.2. The molecule has 1 N–H and O–H groups in total.